The summed E-state index contributed by atoms with van der Waals surface area (Å²) in [6.07, 6.45) is 1.14. The molecule has 3 rings (SSSR count). The Balaban J connectivity index is 1.68. The molecule has 0 spiro atoms. The Hall–Kier alpha value is -3.33. The molecule has 1 aliphatic heterocycles. The van der Waals surface area contributed by atoms with Crippen LogP contribution in [0.2, 0.25) is 0 Å². The average molecular weight is 377 g/mol. The summed E-state index contributed by atoms with van der Waals surface area (Å²) in [6, 6.07) is 18.7. The fourth-order valence-electron chi connectivity index (χ4n) is 3.49. The molecule has 2 amide bonds. The van der Waals surface area contributed by atoms with Crippen LogP contribution in [-0.2, 0) is 10.2 Å². The molecule has 0 aromatic heterocycles. The number of nitrogens with one attached hydrogen (secondary N) is 1. The molecule has 6 heteroatoms. The summed E-state index contributed by atoms with van der Waals surface area (Å²) in [5, 5.41) is 12.6. The molecular weight excluding hydrogens is 354 g/mol. The fourth-order valence-corrected chi connectivity index (χ4v) is 3.49. The Morgan fingerprint density at radius 3 is 2.39 bits per heavy atom. The lowest BCUT2D eigenvalue weighted by Crippen LogP contribution is -2.46. The second-order valence-electron chi connectivity index (χ2n) is 6.74. The monoisotopic (exact) mass is 377 g/mol. The van der Waals surface area contributed by atoms with Crippen LogP contribution in [0.25, 0.3) is 0 Å². The zero-order valence-corrected chi connectivity index (χ0v) is 15.9. The topological polar surface area (TPSA) is 82.4 Å². The second kappa shape index (κ2) is 8.57. The van der Waals surface area contributed by atoms with Crippen molar-refractivity contribution in [1.29, 1.82) is 5.26 Å². The predicted octanol–water partition coefficient (Wildman–Crippen LogP) is 3.95. The number of ether oxygens (including phenoxy) is 1. The number of hydrogen-bond acceptors (Lipinski definition) is 4. The van der Waals surface area contributed by atoms with Crippen LogP contribution >= 0.6 is 0 Å². The highest BCUT2D eigenvalue weighted by atomic mass is 16.5. The minimum Gasteiger partial charge on any atom is -0.462 e. The number of rotatable bonds is 4. The minimum absolute atomic E-state index is 0.267. The predicted molar refractivity (Wildman–Crippen MR) is 106 cm³/mol. The average Bonchev–Trinajstić information content (AvgIpc) is 2.75. The van der Waals surface area contributed by atoms with Gasteiger partial charge in [-0.05, 0) is 37.5 Å². The molecule has 144 valence electrons. The number of urea groups is 1. The van der Waals surface area contributed by atoms with E-state index in [1.165, 1.54) is 0 Å². The number of carbonyl (C=O) groups excluding carboxylic acids is 2. The lowest BCUT2D eigenvalue weighted by atomic mass is 9.74. The van der Waals surface area contributed by atoms with E-state index in [0.717, 1.165) is 5.56 Å². The Labute approximate surface area is 164 Å². The molecular formula is C22H23N3O3. The third kappa shape index (κ3) is 3.99. The molecule has 2 aromatic carbocycles. The molecule has 0 atom stereocenters. The number of nitrogens with zero attached hydrogens (tertiary/aromatic N) is 2. The number of anilines is 1. The Morgan fingerprint density at radius 1 is 1.11 bits per heavy atom. The first-order valence-corrected chi connectivity index (χ1v) is 9.38. The third-order valence-corrected chi connectivity index (χ3v) is 5.11. The molecule has 1 saturated heterocycles. The molecule has 6 nitrogen and oxygen atoms in total. The van der Waals surface area contributed by atoms with Crippen molar-refractivity contribution < 1.29 is 14.3 Å². The van der Waals surface area contributed by atoms with Gasteiger partial charge in [0.1, 0.15) is 0 Å². The van der Waals surface area contributed by atoms with Crippen molar-refractivity contribution in [1.82, 2.24) is 4.90 Å². The molecule has 1 fully saturated rings. The summed E-state index contributed by atoms with van der Waals surface area (Å²) < 4.78 is 5.05. The van der Waals surface area contributed by atoms with Crippen LogP contribution in [0.4, 0.5) is 10.5 Å². The van der Waals surface area contributed by atoms with E-state index in [2.05, 4.69) is 11.4 Å². The zero-order chi connectivity index (χ0) is 20.0. The maximum absolute atomic E-state index is 12.7. The zero-order valence-electron chi connectivity index (χ0n) is 15.9. The highest BCUT2D eigenvalue weighted by Crippen LogP contribution is 2.35. The largest absolute Gasteiger partial charge is 0.462 e. The smallest absolute Gasteiger partial charge is 0.340 e. The van der Waals surface area contributed by atoms with E-state index in [1.54, 1.807) is 36.1 Å². The minimum atomic E-state index is -0.569. The van der Waals surface area contributed by atoms with Gasteiger partial charge in [0.05, 0.1) is 29.3 Å². The van der Waals surface area contributed by atoms with Crippen LogP contribution < -0.4 is 5.32 Å². The van der Waals surface area contributed by atoms with E-state index < -0.39 is 11.4 Å². The van der Waals surface area contributed by atoms with Gasteiger partial charge in [-0.2, -0.15) is 5.26 Å². The number of esters is 1. The van der Waals surface area contributed by atoms with E-state index in [-0.39, 0.29) is 12.6 Å². The molecule has 1 heterocycles. The number of amides is 2. The Bertz CT molecular complexity index is 881. The molecule has 0 bridgehead atoms. The molecule has 2 aromatic rings. The highest BCUT2D eigenvalue weighted by Gasteiger charge is 2.37. The quantitative estimate of drug-likeness (QED) is 0.818. The van der Waals surface area contributed by atoms with Crippen LogP contribution in [0.3, 0.4) is 0 Å². The van der Waals surface area contributed by atoms with Gasteiger partial charge < -0.3 is 15.0 Å². The lowest BCUT2D eigenvalue weighted by Gasteiger charge is -2.37. The van der Waals surface area contributed by atoms with Gasteiger partial charge in [-0.25, -0.2) is 9.59 Å². The molecule has 28 heavy (non-hydrogen) atoms. The maximum Gasteiger partial charge on any atom is 0.340 e. The van der Waals surface area contributed by atoms with Gasteiger partial charge in [-0.3, -0.25) is 0 Å². The summed E-state index contributed by atoms with van der Waals surface area (Å²) in [6.45, 7) is 2.94. The first kappa shape index (κ1) is 19.4. The number of nitriles is 1. The van der Waals surface area contributed by atoms with E-state index in [0.29, 0.717) is 37.2 Å². The standard InChI is InChI=1S/C22H23N3O3/c1-2-28-20(26)18-10-6-7-11-19(18)24-21(27)25-14-12-22(16-23,13-15-25)17-8-4-3-5-9-17/h3-11H,2,12-15H2,1H3,(H,24,27). The third-order valence-electron chi connectivity index (χ3n) is 5.11. The number of piperidine rings is 1. The van der Waals surface area contributed by atoms with Crippen molar-refractivity contribution in [3.05, 3.63) is 65.7 Å². The number of likely N-dealkylation sites (tertiary alicyclic amines) is 1. The molecule has 1 N–H and O–H groups in total. The second-order valence-corrected chi connectivity index (χ2v) is 6.74. The summed E-state index contributed by atoms with van der Waals surface area (Å²) in [7, 11) is 0. The van der Waals surface area contributed by atoms with Gasteiger partial charge in [0.15, 0.2) is 0 Å². The van der Waals surface area contributed by atoms with Crippen molar-refractivity contribution in [3.63, 3.8) is 0 Å². The van der Waals surface area contributed by atoms with E-state index >= 15 is 0 Å². The van der Waals surface area contributed by atoms with E-state index in [9.17, 15) is 14.9 Å². The summed E-state index contributed by atoms with van der Waals surface area (Å²) >= 11 is 0. The molecule has 0 unspecified atom stereocenters. The molecule has 0 aliphatic carbocycles. The number of hydrogen-bond donors (Lipinski definition) is 1. The van der Waals surface area contributed by atoms with Crippen molar-refractivity contribution in [3.8, 4) is 6.07 Å². The number of benzene rings is 2. The van der Waals surface area contributed by atoms with E-state index in [1.807, 2.05) is 30.3 Å². The molecule has 1 aliphatic rings. The van der Waals surface area contributed by atoms with Gasteiger partial charge in [-0.15, -0.1) is 0 Å². The summed E-state index contributed by atoms with van der Waals surface area (Å²) in [4.78, 5) is 26.5. The molecule has 0 saturated carbocycles. The van der Waals surface area contributed by atoms with Crippen molar-refractivity contribution in [2.45, 2.75) is 25.2 Å². The lowest BCUT2D eigenvalue weighted by molar-refractivity contribution is 0.0527. The summed E-state index contributed by atoms with van der Waals surface area (Å²) in [5.74, 6) is -0.468. The van der Waals surface area contributed by atoms with Crippen LogP contribution in [0, 0.1) is 11.3 Å². The Morgan fingerprint density at radius 2 is 1.75 bits per heavy atom. The normalized spacial score (nSPS) is 15.4. The highest BCUT2D eigenvalue weighted by molar-refractivity contribution is 6.00. The van der Waals surface area contributed by atoms with Gasteiger partial charge >= 0.3 is 12.0 Å². The van der Waals surface area contributed by atoms with Crippen molar-refractivity contribution >= 4 is 17.7 Å². The van der Waals surface area contributed by atoms with Crippen molar-refractivity contribution in [2.24, 2.45) is 0 Å². The maximum atomic E-state index is 12.7. The first-order chi connectivity index (χ1) is 13.6. The first-order valence-electron chi connectivity index (χ1n) is 9.38. The van der Waals surface area contributed by atoms with E-state index in [4.69, 9.17) is 4.74 Å². The van der Waals surface area contributed by atoms with Crippen LogP contribution in [-0.4, -0.2) is 36.6 Å². The number of para-hydroxylation sites is 1. The van der Waals surface area contributed by atoms with Gasteiger partial charge in [-0.1, -0.05) is 42.5 Å². The van der Waals surface area contributed by atoms with Gasteiger partial charge in [0.25, 0.3) is 0 Å². The van der Waals surface area contributed by atoms with Crippen molar-refractivity contribution in [2.75, 3.05) is 25.0 Å². The molecule has 0 radical (unpaired) electrons. The van der Waals surface area contributed by atoms with Crippen LogP contribution in [0.15, 0.2) is 54.6 Å². The van der Waals surface area contributed by atoms with Gasteiger partial charge in [0.2, 0.25) is 0 Å². The van der Waals surface area contributed by atoms with Crippen LogP contribution in [0.5, 0.6) is 0 Å². The fraction of sp³-hybridized carbons (Fsp3) is 0.318. The van der Waals surface area contributed by atoms with Gasteiger partial charge in [0, 0.05) is 13.1 Å². The summed E-state index contributed by atoms with van der Waals surface area (Å²) in [5.41, 5.74) is 1.17. The SMILES string of the molecule is CCOC(=O)c1ccccc1NC(=O)N1CCC(C#N)(c2ccccc2)CC1. The Kier molecular flexibility index (Phi) is 5.95. The van der Waals surface area contributed by atoms with Crippen LogP contribution in [0.1, 0.15) is 35.7 Å². The number of carbonyl (C=O) groups is 2.